The lowest BCUT2D eigenvalue weighted by Crippen LogP contribution is -1.92. The summed E-state index contributed by atoms with van der Waals surface area (Å²) < 4.78 is 2.03. The van der Waals surface area contributed by atoms with E-state index in [-0.39, 0.29) is 0 Å². The zero-order chi connectivity index (χ0) is 9.14. The van der Waals surface area contributed by atoms with E-state index in [2.05, 4.69) is 25.4 Å². The molecule has 0 radical (unpaired) electrons. The maximum absolute atomic E-state index is 4.46. The van der Waals surface area contributed by atoms with Crippen LogP contribution in [0, 0.1) is 13.8 Å². The van der Waals surface area contributed by atoms with Gasteiger partial charge in [0.2, 0.25) is 0 Å². The molecule has 0 amide bonds. The third kappa shape index (κ3) is 1.42. The maximum atomic E-state index is 4.46. The Kier molecular flexibility index (Phi) is 2.69. The van der Waals surface area contributed by atoms with E-state index in [0.29, 0.717) is 0 Å². The first-order chi connectivity index (χ1) is 5.70. The van der Waals surface area contributed by atoms with Gasteiger partial charge in [-0.05, 0) is 20.3 Å². The molecule has 0 N–H and O–H groups in total. The molecule has 0 bridgehead atoms. The normalized spacial score (nSPS) is 10.2. The van der Waals surface area contributed by atoms with Gasteiger partial charge < -0.3 is 4.57 Å². The highest BCUT2D eigenvalue weighted by Crippen LogP contribution is 2.12. The molecule has 0 aliphatic heterocycles. The summed E-state index contributed by atoms with van der Waals surface area (Å²) in [4.78, 5) is 4.46. The van der Waals surface area contributed by atoms with Crippen molar-refractivity contribution in [2.24, 2.45) is 0 Å². The van der Waals surface area contributed by atoms with Crippen molar-refractivity contribution in [3.05, 3.63) is 23.8 Å². The van der Waals surface area contributed by atoms with Gasteiger partial charge in [-0.25, -0.2) is 4.98 Å². The van der Waals surface area contributed by atoms with Crippen LogP contribution >= 0.6 is 0 Å². The minimum Gasteiger partial charge on any atom is -0.308 e. The molecule has 1 aromatic heterocycles. The molecule has 0 aliphatic rings. The lowest BCUT2D eigenvalue weighted by atomic mass is 10.2. The molecule has 12 heavy (non-hydrogen) atoms. The zero-order valence-electron chi connectivity index (χ0n) is 8.09. The van der Waals surface area contributed by atoms with Crippen LogP contribution in [-0.4, -0.2) is 9.55 Å². The Labute approximate surface area is 73.9 Å². The molecule has 0 saturated carbocycles. The van der Waals surface area contributed by atoms with E-state index in [0.717, 1.165) is 18.7 Å². The number of aryl methyl sites for hydroxylation is 2. The largest absolute Gasteiger partial charge is 0.308 e. The van der Waals surface area contributed by atoms with Gasteiger partial charge in [-0.3, -0.25) is 0 Å². The number of hydrogen-bond donors (Lipinski definition) is 0. The number of hydrogen-bond acceptors (Lipinski definition) is 1. The standard InChI is InChI=1S/C10H16N2/c1-5-7-10-8(3)12(6-2)9(4)11-10/h6H,2,5,7H2,1,3-4H3. The topological polar surface area (TPSA) is 17.8 Å². The van der Waals surface area contributed by atoms with Gasteiger partial charge in [0.15, 0.2) is 0 Å². The van der Waals surface area contributed by atoms with Crippen LogP contribution in [0.5, 0.6) is 0 Å². The number of imidazole rings is 1. The van der Waals surface area contributed by atoms with Crippen LogP contribution in [0.25, 0.3) is 6.20 Å². The summed E-state index contributed by atoms with van der Waals surface area (Å²) in [5.74, 6) is 1.03. The van der Waals surface area contributed by atoms with Gasteiger partial charge in [-0.1, -0.05) is 19.9 Å². The number of aromatic nitrogens is 2. The molecule has 2 nitrogen and oxygen atoms in total. The van der Waals surface area contributed by atoms with E-state index in [1.54, 1.807) is 0 Å². The van der Waals surface area contributed by atoms with E-state index in [9.17, 15) is 0 Å². The van der Waals surface area contributed by atoms with Crippen molar-refractivity contribution >= 4 is 6.20 Å². The third-order valence-corrected chi connectivity index (χ3v) is 2.09. The van der Waals surface area contributed by atoms with Gasteiger partial charge >= 0.3 is 0 Å². The fourth-order valence-corrected chi connectivity index (χ4v) is 1.45. The molecule has 0 unspecified atom stereocenters. The summed E-state index contributed by atoms with van der Waals surface area (Å²) >= 11 is 0. The van der Waals surface area contributed by atoms with E-state index < -0.39 is 0 Å². The van der Waals surface area contributed by atoms with Crippen LogP contribution in [0.4, 0.5) is 0 Å². The Balaban J connectivity index is 3.08. The fraction of sp³-hybridized carbons (Fsp3) is 0.500. The highest BCUT2D eigenvalue weighted by Gasteiger charge is 2.06. The second kappa shape index (κ2) is 3.57. The molecular weight excluding hydrogens is 148 g/mol. The fourth-order valence-electron chi connectivity index (χ4n) is 1.45. The Morgan fingerprint density at radius 2 is 2.17 bits per heavy atom. The molecule has 2 heteroatoms. The molecule has 1 aromatic rings. The van der Waals surface area contributed by atoms with Crippen molar-refractivity contribution in [1.29, 1.82) is 0 Å². The first kappa shape index (κ1) is 9.04. The minimum atomic E-state index is 1.03. The summed E-state index contributed by atoms with van der Waals surface area (Å²) in [5.41, 5.74) is 2.43. The average Bonchev–Trinajstić information content (AvgIpc) is 2.29. The molecule has 0 spiro atoms. The van der Waals surface area contributed by atoms with Gasteiger partial charge in [0.05, 0.1) is 5.69 Å². The number of rotatable bonds is 3. The molecule has 1 rings (SSSR count). The number of nitrogens with zero attached hydrogens (tertiary/aromatic N) is 2. The smallest absolute Gasteiger partial charge is 0.110 e. The summed E-state index contributed by atoms with van der Waals surface area (Å²) in [5, 5.41) is 0. The van der Waals surface area contributed by atoms with Gasteiger partial charge in [0.1, 0.15) is 5.82 Å². The summed E-state index contributed by atoms with van der Waals surface area (Å²) in [6.45, 7) is 10.0. The first-order valence-corrected chi connectivity index (χ1v) is 4.37. The highest BCUT2D eigenvalue weighted by molar-refractivity contribution is 5.29. The zero-order valence-corrected chi connectivity index (χ0v) is 8.09. The second-order valence-corrected chi connectivity index (χ2v) is 2.99. The Morgan fingerprint density at radius 1 is 1.50 bits per heavy atom. The van der Waals surface area contributed by atoms with Crippen LogP contribution < -0.4 is 0 Å². The van der Waals surface area contributed by atoms with Crippen molar-refractivity contribution in [1.82, 2.24) is 9.55 Å². The van der Waals surface area contributed by atoms with Crippen LogP contribution in [0.1, 0.15) is 30.6 Å². The third-order valence-electron chi connectivity index (χ3n) is 2.09. The quantitative estimate of drug-likeness (QED) is 0.671. The molecule has 0 saturated heterocycles. The van der Waals surface area contributed by atoms with Crippen molar-refractivity contribution in [3.63, 3.8) is 0 Å². The SMILES string of the molecule is C=Cn1c(C)nc(CCC)c1C. The van der Waals surface area contributed by atoms with Crippen molar-refractivity contribution < 1.29 is 0 Å². The summed E-state index contributed by atoms with van der Waals surface area (Å²) in [6, 6.07) is 0. The van der Waals surface area contributed by atoms with E-state index >= 15 is 0 Å². The van der Waals surface area contributed by atoms with E-state index in [1.807, 2.05) is 17.7 Å². The van der Waals surface area contributed by atoms with Crippen molar-refractivity contribution in [2.75, 3.05) is 0 Å². The lowest BCUT2D eigenvalue weighted by Gasteiger charge is -1.98. The molecular formula is C10H16N2. The molecule has 1 heterocycles. The van der Waals surface area contributed by atoms with Crippen LogP contribution in [0.2, 0.25) is 0 Å². The molecule has 0 aromatic carbocycles. The van der Waals surface area contributed by atoms with E-state index in [1.165, 1.54) is 11.4 Å². The van der Waals surface area contributed by atoms with Gasteiger partial charge in [0, 0.05) is 11.9 Å². The lowest BCUT2D eigenvalue weighted by molar-refractivity contribution is 0.878. The van der Waals surface area contributed by atoms with Crippen LogP contribution in [0.3, 0.4) is 0 Å². The van der Waals surface area contributed by atoms with Gasteiger partial charge in [-0.2, -0.15) is 0 Å². The average molecular weight is 164 g/mol. The van der Waals surface area contributed by atoms with Crippen molar-refractivity contribution in [2.45, 2.75) is 33.6 Å². The first-order valence-electron chi connectivity index (χ1n) is 4.37. The van der Waals surface area contributed by atoms with Crippen molar-refractivity contribution in [3.8, 4) is 0 Å². The van der Waals surface area contributed by atoms with Gasteiger partial charge in [-0.15, -0.1) is 0 Å². The second-order valence-electron chi connectivity index (χ2n) is 2.99. The summed E-state index contributed by atoms with van der Waals surface area (Å²) in [7, 11) is 0. The molecule has 66 valence electrons. The Bertz CT molecular complexity index is 284. The Morgan fingerprint density at radius 3 is 2.58 bits per heavy atom. The predicted molar refractivity (Wildman–Crippen MR) is 52.1 cm³/mol. The molecule has 0 fully saturated rings. The highest BCUT2D eigenvalue weighted by atomic mass is 15.1. The van der Waals surface area contributed by atoms with E-state index in [4.69, 9.17) is 0 Å². The predicted octanol–water partition coefficient (Wildman–Crippen LogP) is 2.55. The van der Waals surface area contributed by atoms with Crippen LogP contribution in [-0.2, 0) is 6.42 Å². The summed E-state index contributed by atoms with van der Waals surface area (Å²) in [6.07, 6.45) is 4.03. The van der Waals surface area contributed by atoms with Gasteiger partial charge in [0.25, 0.3) is 0 Å². The Hall–Kier alpha value is -1.05. The maximum Gasteiger partial charge on any atom is 0.110 e. The monoisotopic (exact) mass is 164 g/mol. The minimum absolute atomic E-state index is 1.03. The van der Waals surface area contributed by atoms with Crippen LogP contribution in [0.15, 0.2) is 6.58 Å². The molecule has 0 atom stereocenters. The molecule has 0 aliphatic carbocycles.